The highest BCUT2D eigenvalue weighted by molar-refractivity contribution is 6.32. The fraction of sp³-hybridized carbons (Fsp3) is 0.182. The predicted octanol–water partition coefficient (Wildman–Crippen LogP) is 2.93. The molecule has 1 aromatic heterocycles. The van der Waals surface area contributed by atoms with Crippen molar-refractivity contribution in [3.05, 3.63) is 35.6 Å². The van der Waals surface area contributed by atoms with Crippen LogP contribution in [-0.2, 0) is 6.54 Å². The molecule has 2 rings (SSSR count). The van der Waals surface area contributed by atoms with Crippen molar-refractivity contribution in [1.29, 1.82) is 0 Å². The van der Waals surface area contributed by atoms with Crippen molar-refractivity contribution in [3.8, 4) is 16.9 Å². The van der Waals surface area contributed by atoms with Crippen LogP contribution in [0.15, 0.2) is 30.6 Å². The molecule has 1 aromatic carbocycles. The van der Waals surface area contributed by atoms with Gasteiger partial charge in [-0.2, -0.15) is 5.10 Å². The predicted molar refractivity (Wildman–Crippen MR) is 60.0 cm³/mol. The lowest BCUT2D eigenvalue weighted by Gasteiger charge is -2.00. The molecule has 0 aliphatic heterocycles. The van der Waals surface area contributed by atoms with Crippen LogP contribution in [-0.4, -0.2) is 14.9 Å². The largest absolute Gasteiger partial charge is 0.506 e. The summed E-state index contributed by atoms with van der Waals surface area (Å²) >= 11 is 5.73. The van der Waals surface area contributed by atoms with Gasteiger partial charge in [-0.05, 0) is 24.6 Å². The van der Waals surface area contributed by atoms with Gasteiger partial charge in [-0.1, -0.05) is 17.7 Å². The number of benzene rings is 1. The molecule has 2 aromatic rings. The topological polar surface area (TPSA) is 38.0 Å². The minimum Gasteiger partial charge on any atom is -0.506 e. The molecule has 0 atom stereocenters. The van der Waals surface area contributed by atoms with E-state index in [1.807, 2.05) is 23.9 Å². The number of aromatic hydroxyl groups is 1. The minimum absolute atomic E-state index is 0.0958. The highest BCUT2D eigenvalue weighted by Crippen LogP contribution is 2.29. The first kappa shape index (κ1) is 10.1. The normalized spacial score (nSPS) is 10.5. The van der Waals surface area contributed by atoms with Crippen molar-refractivity contribution in [2.45, 2.75) is 13.5 Å². The Balaban J connectivity index is 2.40. The first-order valence-electron chi connectivity index (χ1n) is 4.72. The van der Waals surface area contributed by atoms with Crippen LogP contribution in [0.25, 0.3) is 11.1 Å². The Bertz CT molecular complexity index is 479. The maximum absolute atomic E-state index is 9.47. The maximum atomic E-state index is 9.47. The van der Waals surface area contributed by atoms with Crippen LogP contribution >= 0.6 is 11.6 Å². The Hall–Kier alpha value is -1.48. The number of hydrogen-bond donors (Lipinski definition) is 1. The van der Waals surface area contributed by atoms with E-state index >= 15 is 0 Å². The van der Waals surface area contributed by atoms with E-state index in [2.05, 4.69) is 5.10 Å². The molecule has 0 bridgehead atoms. The second kappa shape index (κ2) is 3.95. The van der Waals surface area contributed by atoms with Crippen LogP contribution in [0.4, 0.5) is 0 Å². The number of aryl methyl sites for hydroxylation is 1. The summed E-state index contributed by atoms with van der Waals surface area (Å²) in [6, 6.07) is 5.17. The summed E-state index contributed by atoms with van der Waals surface area (Å²) in [6.07, 6.45) is 3.70. The molecule has 3 nitrogen and oxygen atoms in total. The summed E-state index contributed by atoms with van der Waals surface area (Å²) < 4.78 is 1.83. The molecule has 0 radical (unpaired) electrons. The summed E-state index contributed by atoms with van der Waals surface area (Å²) in [7, 11) is 0. The van der Waals surface area contributed by atoms with E-state index in [-0.39, 0.29) is 5.75 Å². The van der Waals surface area contributed by atoms with Gasteiger partial charge in [-0.15, -0.1) is 0 Å². The zero-order valence-electron chi connectivity index (χ0n) is 8.31. The molecule has 15 heavy (non-hydrogen) atoms. The lowest BCUT2D eigenvalue weighted by molar-refractivity contribution is 0.476. The number of halogens is 1. The van der Waals surface area contributed by atoms with E-state index in [1.54, 1.807) is 18.3 Å². The van der Waals surface area contributed by atoms with Crippen molar-refractivity contribution in [3.63, 3.8) is 0 Å². The molecular weight excluding hydrogens is 212 g/mol. The SMILES string of the molecule is CCn1cc(-c2ccc(Cl)c(O)c2)cn1. The van der Waals surface area contributed by atoms with Gasteiger partial charge in [0.1, 0.15) is 5.75 Å². The van der Waals surface area contributed by atoms with Crippen LogP contribution in [0, 0.1) is 0 Å². The van der Waals surface area contributed by atoms with Gasteiger partial charge in [0.05, 0.1) is 11.2 Å². The molecule has 0 amide bonds. The molecule has 1 N–H and O–H groups in total. The van der Waals surface area contributed by atoms with E-state index in [9.17, 15) is 5.11 Å². The van der Waals surface area contributed by atoms with Gasteiger partial charge in [-0.3, -0.25) is 4.68 Å². The van der Waals surface area contributed by atoms with Gasteiger partial charge in [0.2, 0.25) is 0 Å². The summed E-state index contributed by atoms with van der Waals surface area (Å²) in [5.74, 6) is 0.0958. The standard InChI is InChI=1S/C11H11ClN2O/c1-2-14-7-9(6-13-14)8-3-4-10(12)11(15)5-8/h3-7,15H,2H2,1H3. The van der Waals surface area contributed by atoms with Crippen LogP contribution in [0.1, 0.15) is 6.92 Å². The van der Waals surface area contributed by atoms with Gasteiger partial charge >= 0.3 is 0 Å². The van der Waals surface area contributed by atoms with Gasteiger partial charge in [-0.25, -0.2) is 0 Å². The number of aromatic nitrogens is 2. The smallest absolute Gasteiger partial charge is 0.134 e. The number of hydrogen-bond acceptors (Lipinski definition) is 2. The Morgan fingerprint density at radius 3 is 2.80 bits per heavy atom. The molecule has 0 saturated heterocycles. The molecule has 0 spiro atoms. The lowest BCUT2D eigenvalue weighted by atomic mass is 10.1. The third kappa shape index (κ3) is 1.97. The Morgan fingerprint density at radius 1 is 1.40 bits per heavy atom. The lowest BCUT2D eigenvalue weighted by Crippen LogP contribution is -1.91. The molecule has 0 aliphatic rings. The van der Waals surface area contributed by atoms with Crippen molar-refractivity contribution in [2.75, 3.05) is 0 Å². The summed E-state index contributed by atoms with van der Waals surface area (Å²) in [6.45, 7) is 2.86. The summed E-state index contributed by atoms with van der Waals surface area (Å²) in [5.41, 5.74) is 1.89. The van der Waals surface area contributed by atoms with Gasteiger partial charge in [0, 0.05) is 18.3 Å². The molecular formula is C11H11ClN2O. The average Bonchev–Trinajstić information content (AvgIpc) is 2.70. The first-order valence-corrected chi connectivity index (χ1v) is 5.10. The fourth-order valence-electron chi connectivity index (χ4n) is 1.38. The van der Waals surface area contributed by atoms with Gasteiger partial charge in [0.25, 0.3) is 0 Å². The van der Waals surface area contributed by atoms with Crippen LogP contribution in [0.2, 0.25) is 5.02 Å². The van der Waals surface area contributed by atoms with E-state index in [1.165, 1.54) is 0 Å². The fourth-order valence-corrected chi connectivity index (χ4v) is 1.50. The van der Waals surface area contributed by atoms with E-state index in [0.29, 0.717) is 5.02 Å². The van der Waals surface area contributed by atoms with Crippen LogP contribution < -0.4 is 0 Å². The molecule has 4 heteroatoms. The van der Waals surface area contributed by atoms with Crippen molar-refractivity contribution < 1.29 is 5.11 Å². The Morgan fingerprint density at radius 2 is 2.20 bits per heavy atom. The van der Waals surface area contributed by atoms with E-state index in [4.69, 9.17) is 11.6 Å². The van der Waals surface area contributed by atoms with Crippen molar-refractivity contribution in [1.82, 2.24) is 9.78 Å². The van der Waals surface area contributed by atoms with Gasteiger partial charge in [0.15, 0.2) is 0 Å². The molecule has 0 saturated carbocycles. The van der Waals surface area contributed by atoms with Crippen molar-refractivity contribution >= 4 is 11.6 Å². The molecule has 0 unspecified atom stereocenters. The highest BCUT2D eigenvalue weighted by Gasteiger charge is 2.04. The summed E-state index contributed by atoms with van der Waals surface area (Å²) in [4.78, 5) is 0. The maximum Gasteiger partial charge on any atom is 0.134 e. The number of phenolic OH excluding ortho intramolecular Hbond substituents is 1. The number of rotatable bonds is 2. The number of nitrogens with zero attached hydrogens (tertiary/aromatic N) is 2. The zero-order chi connectivity index (χ0) is 10.8. The Kier molecular flexibility index (Phi) is 2.64. The van der Waals surface area contributed by atoms with Gasteiger partial charge < -0.3 is 5.11 Å². The van der Waals surface area contributed by atoms with Crippen LogP contribution in [0.3, 0.4) is 0 Å². The molecule has 0 aliphatic carbocycles. The zero-order valence-corrected chi connectivity index (χ0v) is 9.07. The Labute approximate surface area is 92.9 Å². The van der Waals surface area contributed by atoms with Crippen LogP contribution in [0.5, 0.6) is 5.75 Å². The third-order valence-electron chi connectivity index (χ3n) is 2.24. The molecule has 78 valence electrons. The second-order valence-electron chi connectivity index (χ2n) is 3.25. The monoisotopic (exact) mass is 222 g/mol. The summed E-state index contributed by atoms with van der Waals surface area (Å²) in [5, 5.41) is 14.0. The van der Waals surface area contributed by atoms with E-state index in [0.717, 1.165) is 17.7 Å². The third-order valence-corrected chi connectivity index (χ3v) is 2.56. The van der Waals surface area contributed by atoms with E-state index < -0.39 is 0 Å². The molecule has 1 heterocycles. The first-order chi connectivity index (χ1) is 7.20. The quantitative estimate of drug-likeness (QED) is 0.849. The number of phenols is 1. The molecule has 0 fully saturated rings. The second-order valence-corrected chi connectivity index (χ2v) is 3.66. The van der Waals surface area contributed by atoms with Crippen molar-refractivity contribution in [2.24, 2.45) is 0 Å². The highest BCUT2D eigenvalue weighted by atomic mass is 35.5. The minimum atomic E-state index is 0.0958. The average molecular weight is 223 g/mol.